The molecule has 1 amide bonds. The molecule has 1 rings (SSSR count). The van der Waals surface area contributed by atoms with Gasteiger partial charge in [-0.2, -0.15) is 9.97 Å². The van der Waals surface area contributed by atoms with Crippen molar-refractivity contribution in [3.8, 4) is 11.9 Å². The number of aromatic nitrogens is 2. The normalized spacial score (nSPS) is 9.60. The van der Waals surface area contributed by atoms with Crippen molar-refractivity contribution in [2.75, 3.05) is 28.3 Å². The summed E-state index contributed by atoms with van der Waals surface area (Å²) < 4.78 is 9.78. The lowest BCUT2D eigenvalue weighted by atomic mass is 10.3. The molecule has 0 aromatic carbocycles. The van der Waals surface area contributed by atoms with Crippen LogP contribution in [0.4, 0.5) is 0 Å². The van der Waals surface area contributed by atoms with E-state index in [0.29, 0.717) is 5.88 Å². The van der Waals surface area contributed by atoms with E-state index in [1.54, 1.807) is 14.1 Å². The predicted octanol–water partition coefficient (Wildman–Crippen LogP) is 0.196. The Hall–Kier alpha value is -1.85. The molecule has 0 aliphatic rings. The summed E-state index contributed by atoms with van der Waals surface area (Å²) in [4.78, 5) is 20.8. The van der Waals surface area contributed by atoms with E-state index in [2.05, 4.69) is 9.97 Å². The van der Waals surface area contributed by atoms with Crippen molar-refractivity contribution in [2.45, 2.75) is 0 Å². The molecule has 6 heteroatoms. The number of hydrogen-bond donors (Lipinski definition) is 0. The van der Waals surface area contributed by atoms with E-state index in [4.69, 9.17) is 9.47 Å². The molecule has 0 aliphatic heterocycles. The van der Waals surface area contributed by atoms with E-state index >= 15 is 0 Å². The monoisotopic (exact) mass is 211 g/mol. The highest BCUT2D eigenvalue weighted by atomic mass is 16.5. The quantitative estimate of drug-likeness (QED) is 0.714. The predicted molar refractivity (Wildman–Crippen MR) is 53.2 cm³/mol. The van der Waals surface area contributed by atoms with Crippen molar-refractivity contribution in [1.29, 1.82) is 0 Å². The first-order chi connectivity index (χ1) is 7.08. The average molecular weight is 211 g/mol. The van der Waals surface area contributed by atoms with E-state index in [0.717, 1.165) is 0 Å². The molecule has 1 aromatic heterocycles. The molecule has 0 fully saturated rings. The van der Waals surface area contributed by atoms with Gasteiger partial charge in [0.05, 0.1) is 14.2 Å². The van der Waals surface area contributed by atoms with Crippen LogP contribution in [0.5, 0.6) is 11.9 Å². The van der Waals surface area contributed by atoms with Crippen LogP contribution < -0.4 is 9.47 Å². The zero-order valence-electron chi connectivity index (χ0n) is 9.14. The zero-order valence-corrected chi connectivity index (χ0v) is 9.14. The van der Waals surface area contributed by atoms with Crippen LogP contribution in [0.1, 0.15) is 10.5 Å². The number of nitrogens with zero attached hydrogens (tertiary/aromatic N) is 3. The summed E-state index contributed by atoms with van der Waals surface area (Å²) in [6.45, 7) is 0. The van der Waals surface area contributed by atoms with Crippen LogP contribution in [0.3, 0.4) is 0 Å². The van der Waals surface area contributed by atoms with Gasteiger partial charge in [-0.1, -0.05) is 0 Å². The van der Waals surface area contributed by atoms with Crippen LogP contribution in [-0.2, 0) is 0 Å². The molecule has 0 N–H and O–H groups in total. The molecule has 0 saturated heterocycles. The standard InChI is InChI=1S/C9H13N3O3/c1-12(2)8(13)6-5-7(14-3)11-9(10-6)15-4/h5H,1-4H3. The molecule has 0 radical (unpaired) electrons. The van der Waals surface area contributed by atoms with Gasteiger partial charge >= 0.3 is 6.01 Å². The van der Waals surface area contributed by atoms with Crippen molar-refractivity contribution in [3.63, 3.8) is 0 Å². The Balaban J connectivity index is 3.12. The van der Waals surface area contributed by atoms with Crippen LogP contribution in [0.2, 0.25) is 0 Å². The Kier molecular flexibility index (Phi) is 3.43. The Labute approximate surface area is 87.8 Å². The van der Waals surface area contributed by atoms with Gasteiger partial charge in [0.15, 0.2) is 0 Å². The number of rotatable bonds is 3. The molecule has 0 bridgehead atoms. The molecule has 1 heterocycles. The van der Waals surface area contributed by atoms with Gasteiger partial charge in [0.25, 0.3) is 5.91 Å². The summed E-state index contributed by atoms with van der Waals surface area (Å²) in [7, 11) is 6.18. The topological polar surface area (TPSA) is 64.5 Å². The molecular weight excluding hydrogens is 198 g/mol. The van der Waals surface area contributed by atoms with Crippen molar-refractivity contribution < 1.29 is 14.3 Å². The molecule has 1 aromatic rings. The first-order valence-electron chi connectivity index (χ1n) is 4.27. The van der Waals surface area contributed by atoms with Gasteiger partial charge in [-0.15, -0.1) is 0 Å². The molecule has 82 valence electrons. The molecule has 0 unspecified atom stereocenters. The minimum absolute atomic E-state index is 0.111. The lowest BCUT2D eigenvalue weighted by molar-refractivity contribution is 0.0820. The molecular formula is C9H13N3O3. The zero-order chi connectivity index (χ0) is 11.4. The third kappa shape index (κ3) is 2.55. The maximum Gasteiger partial charge on any atom is 0.320 e. The van der Waals surface area contributed by atoms with Gasteiger partial charge in [-0.05, 0) is 0 Å². The van der Waals surface area contributed by atoms with Gasteiger partial charge in [0.2, 0.25) is 5.88 Å². The second-order valence-electron chi connectivity index (χ2n) is 2.98. The summed E-state index contributed by atoms with van der Waals surface area (Å²) in [6.07, 6.45) is 0. The number of amides is 1. The summed E-state index contributed by atoms with van der Waals surface area (Å²) in [5.74, 6) is 0.0704. The SMILES string of the molecule is COc1cc(C(=O)N(C)C)nc(OC)n1. The smallest absolute Gasteiger partial charge is 0.320 e. The Bertz CT molecular complexity index is 343. The molecule has 0 spiro atoms. The average Bonchev–Trinajstić information content (AvgIpc) is 2.27. The van der Waals surface area contributed by atoms with Crippen molar-refractivity contribution in [3.05, 3.63) is 11.8 Å². The first kappa shape index (κ1) is 11.2. The van der Waals surface area contributed by atoms with E-state index in [1.807, 2.05) is 0 Å². The number of carbonyl (C=O) groups excluding carboxylic acids is 1. The summed E-state index contributed by atoms with van der Waals surface area (Å²) in [6, 6.07) is 1.57. The minimum atomic E-state index is -0.228. The highest BCUT2D eigenvalue weighted by Crippen LogP contribution is 2.13. The lowest BCUT2D eigenvalue weighted by Gasteiger charge is -2.10. The Morgan fingerprint density at radius 2 is 1.93 bits per heavy atom. The number of hydrogen-bond acceptors (Lipinski definition) is 5. The Morgan fingerprint density at radius 1 is 1.27 bits per heavy atom. The lowest BCUT2D eigenvalue weighted by Crippen LogP contribution is -2.23. The number of ether oxygens (including phenoxy) is 2. The van der Waals surface area contributed by atoms with E-state index in [-0.39, 0.29) is 17.6 Å². The highest BCUT2D eigenvalue weighted by molar-refractivity contribution is 5.92. The number of carbonyl (C=O) groups is 1. The van der Waals surface area contributed by atoms with Crippen molar-refractivity contribution in [2.24, 2.45) is 0 Å². The van der Waals surface area contributed by atoms with Crippen molar-refractivity contribution in [1.82, 2.24) is 14.9 Å². The third-order valence-corrected chi connectivity index (χ3v) is 1.70. The second-order valence-corrected chi connectivity index (χ2v) is 2.98. The highest BCUT2D eigenvalue weighted by Gasteiger charge is 2.13. The van der Waals surface area contributed by atoms with E-state index in [9.17, 15) is 4.79 Å². The van der Waals surface area contributed by atoms with Gasteiger partial charge in [0, 0.05) is 20.2 Å². The van der Waals surface area contributed by atoms with Crippen LogP contribution >= 0.6 is 0 Å². The summed E-state index contributed by atoms with van der Waals surface area (Å²) in [5.41, 5.74) is 0.240. The molecule has 6 nitrogen and oxygen atoms in total. The summed E-state index contributed by atoms with van der Waals surface area (Å²) in [5, 5.41) is 0. The van der Waals surface area contributed by atoms with Gasteiger partial charge < -0.3 is 14.4 Å². The molecule has 15 heavy (non-hydrogen) atoms. The van der Waals surface area contributed by atoms with Gasteiger partial charge in [0.1, 0.15) is 5.69 Å². The maximum absolute atomic E-state index is 11.6. The van der Waals surface area contributed by atoms with Crippen LogP contribution in [0, 0.1) is 0 Å². The van der Waals surface area contributed by atoms with Gasteiger partial charge in [-0.25, -0.2) is 0 Å². The number of methoxy groups -OCH3 is 2. The second kappa shape index (κ2) is 4.59. The third-order valence-electron chi connectivity index (χ3n) is 1.70. The van der Waals surface area contributed by atoms with Crippen LogP contribution in [0.15, 0.2) is 6.07 Å². The molecule has 0 atom stereocenters. The fourth-order valence-electron chi connectivity index (χ4n) is 0.938. The van der Waals surface area contributed by atoms with Crippen LogP contribution in [-0.4, -0.2) is 49.1 Å². The van der Waals surface area contributed by atoms with Crippen molar-refractivity contribution >= 4 is 5.91 Å². The molecule has 0 aliphatic carbocycles. The minimum Gasteiger partial charge on any atom is -0.481 e. The fraction of sp³-hybridized carbons (Fsp3) is 0.444. The van der Waals surface area contributed by atoms with Gasteiger partial charge in [-0.3, -0.25) is 4.79 Å². The van der Waals surface area contributed by atoms with E-state index in [1.165, 1.54) is 25.2 Å². The maximum atomic E-state index is 11.6. The Morgan fingerprint density at radius 3 is 2.40 bits per heavy atom. The largest absolute Gasteiger partial charge is 0.481 e. The summed E-state index contributed by atoms with van der Waals surface area (Å²) >= 11 is 0. The first-order valence-corrected chi connectivity index (χ1v) is 4.27. The fourth-order valence-corrected chi connectivity index (χ4v) is 0.938. The van der Waals surface area contributed by atoms with E-state index < -0.39 is 0 Å². The van der Waals surface area contributed by atoms with Crippen LogP contribution in [0.25, 0.3) is 0 Å². The molecule has 0 saturated carbocycles.